The summed E-state index contributed by atoms with van der Waals surface area (Å²) in [4.78, 5) is 0. The number of nitrogens with zero attached hydrogens (tertiary/aromatic N) is 3. The quantitative estimate of drug-likeness (QED) is 0.226. The third kappa shape index (κ3) is 7.99. The first-order valence-corrected chi connectivity index (χ1v) is 12.5. The minimum Gasteiger partial charge on any atom is -0.507 e. The lowest BCUT2D eigenvalue weighted by Crippen LogP contribution is -2.17. The summed E-state index contributed by atoms with van der Waals surface area (Å²) in [7, 11) is 0. The molecule has 0 saturated heterocycles. The van der Waals surface area contributed by atoms with Gasteiger partial charge in [0.1, 0.15) is 10.8 Å². The molecule has 0 bridgehead atoms. The summed E-state index contributed by atoms with van der Waals surface area (Å²) in [6, 6.07) is 5.97. The van der Waals surface area contributed by atoms with Gasteiger partial charge in [0.2, 0.25) is 0 Å². The Hall–Kier alpha value is -1.82. The fourth-order valence-corrected chi connectivity index (χ4v) is 4.32. The lowest BCUT2D eigenvalue weighted by atomic mass is 9.79. The lowest BCUT2D eigenvalue weighted by molar-refractivity contribution is 0.423. The van der Waals surface area contributed by atoms with Crippen LogP contribution in [0.3, 0.4) is 0 Å². The molecule has 0 aliphatic heterocycles. The van der Waals surface area contributed by atoms with Gasteiger partial charge in [-0.3, -0.25) is 0 Å². The number of nitrogens with one attached hydrogen (secondary N) is 1. The Kier molecular flexibility index (Phi) is 9.16. The molecule has 5 nitrogen and oxygen atoms in total. The van der Waals surface area contributed by atoms with Gasteiger partial charge in [0.15, 0.2) is 5.82 Å². The summed E-state index contributed by atoms with van der Waals surface area (Å²) in [5.74, 6) is 2.10. The smallest absolute Gasteiger partial charge is 0.157 e. The number of phenolic OH excluding ortho intramolecular Hbond substituents is 1. The van der Waals surface area contributed by atoms with Crippen molar-refractivity contribution in [1.29, 1.82) is 0 Å². The van der Waals surface area contributed by atoms with Crippen LogP contribution in [0.25, 0.3) is 0 Å². The fourth-order valence-electron chi connectivity index (χ4n) is 3.48. The molecule has 0 spiro atoms. The normalized spacial score (nSPS) is 12.2. The van der Waals surface area contributed by atoms with Gasteiger partial charge in [0, 0.05) is 22.9 Å². The van der Waals surface area contributed by atoms with E-state index in [2.05, 4.69) is 69.2 Å². The third-order valence-electron chi connectivity index (χ3n) is 5.30. The van der Waals surface area contributed by atoms with Crippen LogP contribution in [0.1, 0.15) is 98.1 Å². The summed E-state index contributed by atoms with van der Waals surface area (Å²) in [6.07, 6.45) is 7.74. The topological polar surface area (TPSA) is 70.9 Å². The molecule has 2 N–H and O–H groups in total. The van der Waals surface area contributed by atoms with E-state index >= 15 is 0 Å². The summed E-state index contributed by atoms with van der Waals surface area (Å²) in [5, 5.41) is 27.5. The van der Waals surface area contributed by atoms with Crippen LogP contribution in [0.5, 0.6) is 5.75 Å². The van der Waals surface area contributed by atoms with Crippen molar-refractivity contribution in [1.82, 2.24) is 15.4 Å². The summed E-state index contributed by atoms with van der Waals surface area (Å²) < 4.78 is 0. The molecule has 172 valence electrons. The standard InChI is InChI=1S/C25H40N4OS/c1-8-9-10-11-12-13-14-31-22-17-21(27-29-28-22)26-18-15-19(24(2,3)4)23(30)20(16-18)25(5,6)7/h15-17,30H,8-14H2,1-7H3,(H,26,27,28). The number of phenols is 1. The molecule has 1 aromatic heterocycles. The third-order valence-corrected chi connectivity index (χ3v) is 6.29. The Morgan fingerprint density at radius 1 is 0.839 bits per heavy atom. The Morgan fingerprint density at radius 3 is 2.00 bits per heavy atom. The molecule has 0 radical (unpaired) electrons. The summed E-state index contributed by atoms with van der Waals surface area (Å²) in [6.45, 7) is 14.9. The average Bonchev–Trinajstić information content (AvgIpc) is 2.67. The number of hydrogen-bond acceptors (Lipinski definition) is 6. The van der Waals surface area contributed by atoms with Gasteiger partial charge in [0.05, 0.1) is 0 Å². The Labute approximate surface area is 192 Å². The summed E-state index contributed by atoms with van der Waals surface area (Å²) in [5.41, 5.74) is 2.39. The van der Waals surface area contributed by atoms with Crippen molar-refractivity contribution in [3.63, 3.8) is 0 Å². The monoisotopic (exact) mass is 444 g/mol. The second-order valence-corrected chi connectivity index (χ2v) is 11.4. The molecular weight excluding hydrogens is 404 g/mol. The molecule has 2 rings (SSSR count). The molecule has 0 unspecified atom stereocenters. The van der Waals surface area contributed by atoms with E-state index in [1.54, 1.807) is 11.8 Å². The second kappa shape index (κ2) is 11.2. The van der Waals surface area contributed by atoms with Crippen LogP contribution in [-0.2, 0) is 10.8 Å². The highest BCUT2D eigenvalue weighted by Gasteiger charge is 2.26. The molecule has 0 aliphatic carbocycles. The van der Waals surface area contributed by atoms with E-state index in [0.717, 1.165) is 27.6 Å². The summed E-state index contributed by atoms with van der Waals surface area (Å²) >= 11 is 1.73. The largest absolute Gasteiger partial charge is 0.507 e. The number of aromatic hydroxyl groups is 1. The van der Waals surface area contributed by atoms with Gasteiger partial charge in [-0.25, -0.2) is 0 Å². The SMILES string of the molecule is CCCCCCCCSc1cc(Nc2cc(C(C)(C)C)c(O)c(C(C)(C)C)c2)nnn1. The zero-order valence-corrected chi connectivity index (χ0v) is 21.2. The Balaban J connectivity index is 2.11. The maximum absolute atomic E-state index is 10.9. The van der Waals surface area contributed by atoms with E-state index in [-0.39, 0.29) is 10.8 Å². The van der Waals surface area contributed by atoms with Crippen LogP contribution in [0.2, 0.25) is 0 Å². The molecule has 0 aliphatic rings. The maximum atomic E-state index is 10.9. The number of hydrogen-bond donors (Lipinski definition) is 2. The Morgan fingerprint density at radius 2 is 1.42 bits per heavy atom. The van der Waals surface area contributed by atoms with E-state index in [1.165, 1.54) is 38.5 Å². The molecule has 0 saturated carbocycles. The average molecular weight is 445 g/mol. The van der Waals surface area contributed by atoms with Gasteiger partial charge in [-0.2, -0.15) is 0 Å². The lowest BCUT2D eigenvalue weighted by Gasteiger charge is -2.28. The van der Waals surface area contributed by atoms with Gasteiger partial charge in [-0.05, 0) is 40.3 Å². The van der Waals surface area contributed by atoms with Crippen LogP contribution in [0.4, 0.5) is 11.5 Å². The van der Waals surface area contributed by atoms with Crippen molar-refractivity contribution in [2.75, 3.05) is 11.1 Å². The minimum atomic E-state index is -0.177. The number of aromatic nitrogens is 3. The number of unbranched alkanes of at least 4 members (excludes halogenated alkanes) is 5. The molecule has 0 fully saturated rings. The molecule has 2 aromatic rings. The predicted molar refractivity (Wildman–Crippen MR) is 133 cm³/mol. The van der Waals surface area contributed by atoms with E-state index in [9.17, 15) is 5.11 Å². The van der Waals surface area contributed by atoms with E-state index < -0.39 is 0 Å². The van der Waals surface area contributed by atoms with Crippen LogP contribution < -0.4 is 5.32 Å². The highest BCUT2D eigenvalue weighted by molar-refractivity contribution is 7.99. The number of thioether (sulfide) groups is 1. The predicted octanol–water partition coefficient (Wildman–Crippen LogP) is 7.37. The van der Waals surface area contributed by atoms with E-state index in [4.69, 9.17) is 0 Å². The van der Waals surface area contributed by atoms with Crippen LogP contribution >= 0.6 is 11.8 Å². The first-order chi connectivity index (χ1) is 14.5. The Bertz CT molecular complexity index is 805. The van der Waals surface area contributed by atoms with Gasteiger partial charge in [-0.15, -0.1) is 22.0 Å². The molecular formula is C25H40N4OS. The number of benzene rings is 1. The number of rotatable bonds is 10. The van der Waals surface area contributed by atoms with Gasteiger partial charge in [0.25, 0.3) is 0 Å². The first kappa shape index (κ1) is 25.4. The fraction of sp³-hybridized carbons (Fsp3) is 0.640. The van der Waals surface area contributed by atoms with Crippen molar-refractivity contribution in [3.05, 3.63) is 29.3 Å². The molecule has 0 amide bonds. The van der Waals surface area contributed by atoms with E-state index in [0.29, 0.717) is 11.6 Å². The first-order valence-electron chi connectivity index (χ1n) is 11.5. The minimum absolute atomic E-state index is 0.177. The highest BCUT2D eigenvalue weighted by atomic mass is 32.2. The van der Waals surface area contributed by atoms with Crippen molar-refractivity contribution in [3.8, 4) is 5.75 Å². The van der Waals surface area contributed by atoms with Crippen molar-refractivity contribution in [2.24, 2.45) is 0 Å². The zero-order chi connectivity index (χ0) is 23.1. The van der Waals surface area contributed by atoms with Gasteiger partial charge in [-0.1, -0.05) is 80.6 Å². The highest BCUT2D eigenvalue weighted by Crippen LogP contribution is 2.41. The van der Waals surface area contributed by atoms with Gasteiger partial charge >= 0.3 is 0 Å². The maximum Gasteiger partial charge on any atom is 0.157 e. The molecule has 6 heteroatoms. The second-order valence-electron chi connectivity index (χ2n) is 10.3. The van der Waals surface area contributed by atoms with Crippen LogP contribution in [-0.4, -0.2) is 26.3 Å². The van der Waals surface area contributed by atoms with Crippen molar-refractivity contribution in [2.45, 2.75) is 103 Å². The molecule has 0 atom stereocenters. The van der Waals surface area contributed by atoms with Crippen LogP contribution in [0.15, 0.2) is 23.2 Å². The molecule has 31 heavy (non-hydrogen) atoms. The van der Waals surface area contributed by atoms with Crippen molar-refractivity contribution >= 4 is 23.3 Å². The molecule has 1 aromatic carbocycles. The van der Waals surface area contributed by atoms with Crippen LogP contribution in [0, 0.1) is 0 Å². The zero-order valence-electron chi connectivity index (χ0n) is 20.4. The molecule has 1 heterocycles. The number of anilines is 2. The van der Waals surface area contributed by atoms with Crippen molar-refractivity contribution < 1.29 is 5.11 Å². The van der Waals surface area contributed by atoms with Gasteiger partial charge < -0.3 is 10.4 Å². The van der Waals surface area contributed by atoms with E-state index in [1.807, 2.05) is 18.2 Å².